The van der Waals surface area contributed by atoms with Gasteiger partial charge in [-0.1, -0.05) is 0 Å². The van der Waals surface area contributed by atoms with Crippen LogP contribution in [-0.4, -0.2) is 99.6 Å². The van der Waals surface area contributed by atoms with Gasteiger partial charge in [0, 0.05) is 0 Å². The Morgan fingerprint density at radius 2 is 1.54 bits per heavy atom. The van der Waals surface area contributed by atoms with Crippen molar-refractivity contribution < 1.29 is 39.6 Å². The quantitative estimate of drug-likeness (QED) is 0.143. The van der Waals surface area contributed by atoms with Crippen LogP contribution >= 0.6 is 11.8 Å². The molecule has 0 spiro atoms. The molecule has 0 aromatic carbocycles. The van der Waals surface area contributed by atoms with Crippen LogP contribution < -0.4 is 21.7 Å². The van der Waals surface area contributed by atoms with Crippen LogP contribution in [0.4, 0.5) is 0 Å². The van der Waals surface area contributed by atoms with Crippen molar-refractivity contribution in [3.05, 3.63) is 0 Å². The highest BCUT2D eigenvalue weighted by Crippen LogP contribution is 2.02. The monoisotopic (exact) mass is 424 g/mol. The summed E-state index contributed by atoms with van der Waals surface area (Å²) >= 11 is 1.39. The molecule has 5 unspecified atom stereocenters. The van der Waals surface area contributed by atoms with Crippen LogP contribution in [0.25, 0.3) is 0 Å². The molecule has 0 saturated carbocycles. The molecule has 0 fully saturated rings. The van der Waals surface area contributed by atoms with Gasteiger partial charge in [-0.3, -0.25) is 14.4 Å². The number of amides is 3. The summed E-state index contributed by atoms with van der Waals surface area (Å²) in [4.78, 5) is 47.4. The Kier molecular flexibility index (Phi) is 12.4. The van der Waals surface area contributed by atoms with Gasteiger partial charge in [-0.2, -0.15) is 11.8 Å². The van der Waals surface area contributed by atoms with E-state index >= 15 is 0 Å². The van der Waals surface area contributed by atoms with E-state index < -0.39 is 67.2 Å². The summed E-state index contributed by atoms with van der Waals surface area (Å²) in [5, 5.41) is 43.5. The largest absolute Gasteiger partial charge is 0.480 e. The number of thioether (sulfide) groups is 1. The average molecular weight is 424 g/mol. The van der Waals surface area contributed by atoms with Crippen LogP contribution in [0.1, 0.15) is 13.3 Å². The first-order chi connectivity index (χ1) is 13.1. The van der Waals surface area contributed by atoms with E-state index in [2.05, 4.69) is 16.0 Å². The Balaban J connectivity index is 5.07. The summed E-state index contributed by atoms with van der Waals surface area (Å²) in [6, 6.07) is -5.55. The number of rotatable bonds is 13. The van der Waals surface area contributed by atoms with E-state index in [-0.39, 0.29) is 6.42 Å². The number of aliphatic hydroxyl groups is 3. The minimum Gasteiger partial charge on any atom is -0.480 e. The molecule has 162 valence electrons. The first-order valence-electron chi connectivity index (χ1n) is 8.37. The van der Waals surface area contributed by atoms with Crippen molar-refractivity contribution in [1.29, 1.82) is 0 Å². The molecular weight excluding hydrogens is 396 g/mol. The molecule has 0 bridgehead atoms. The second-order valence-electron chi connectivity index (χ2n) is 5.94. The fourth-order valence-electron chi connectivity index (χ4n) is 1.97. The number of carbonyl (C=O) groups excluding carboxylic acids is 3. The Morgan fingerprint density at radius 1 is 0.964 bits per heavy atom. The van der Waals surface area contributed by atoms with Crippen molar-refractivity contribution in [3.63, 3.8) is 0 Å². The van der Waals surface area contributed by atoms with Gasteiger partial charge in [-0.05, 0) is 25.4 Å². The lowest BCUT2D eigenvalue weighted by Crippen LogP contribution is -2.60. The van der Waals surface area contributed by atoms with Crippen molar-refractivity contribution in [1.82, 2.24) is 16.0 Å². The number of hydrogen-bond acceptors (Lipinski definition) is 9. The molecule has 0 saturated heterocycles. The third kappa shape index (κ3) is 8.84. The highest BCUT2D eigenvalue weighted by Gasteiger charge is 2.32. The van der Waals surface area contributed by atoms with Crippen molar-refractivity contribution in [2.75, 3.05) is 25.2 Å². The Labute approximate surface area is 166 Å². The van der Waals surface area contributed by atoms with E-state index in [4.69, 9.17) is 15.9 Å². The number of aliphatic hydroxyl groups excluding tert-OH is 3. The highest BCUT2D eigenvalue weighted by molar-refractivity contribution is 7.98. The second-order valence-corrected chi connectivity index (χ2v) is 6.93. The molecule has 5 atom stereocenters. The van der Waals surface area contributed by atoms with Gasteiger partial charge in [-0.15, -0.1) is 0 Å². The van der Waals surface area contributed by atoms with Crippen LogP contribution in [0.3, 0.4) is 0 Å². The molecule has 3 amide bonds. The zero-order valence-electron chi connectivity index (χ0n) is 15.6. The number of aliphatic carboxylic acids is 1. The van der Waals surface area contributed by atoms with Crippen LogP contribution in [0.15, 0.2) is 0 Å². The molecule has 0 aliphatic carbocycles. The van der Waals surface area contributed by atoms with Crippen molar-refractivity contribution in [2.45, 2.75) is 43.6 Å². The zero-order chi connectivity index (χ0) is 21.9. The van der Waals surface area contributed by atoms with Crippen LogP contribution in [0, 0.1) is 0 Å². The normalized spacial score (nSPS) is 16.2. The molecule has 12 nitrogen and oxygen atoms in total. The minimum atomic E-state index is -1.52. The Hall–Kier alpha value is -1.93. The highest BCUT2D eigenvalue weighted by atomic mass is 32.2. The second kappa shape index (κ2) is 13.3. The lowest BCUT2D eigenvalue weighted by atomic mass is 10.1. The first kappa shape index (κ1) is 26.1. The molecule has 28 heavy (non-hydrogen) atoms. The number of carbonyl (C=O) groups is 4. The topological polar surface area (TPSA) is 211 Å². The fourth-order valence-corrected chi connectivity index (χ4v) is 2.44. The van der Waals surface area contributed by atoms with Gasteiger partial charge < -0.3 is 42.1 Å². The molecular formula is C15H28N4O8S. The van der Waals surface area contributed by atoms with E-state index in [1.165, 1.54) is 18.7 Å². The zero-order valence-corrected chi connectivity index (χ0v) is 16.4. The van der Waals surface area contributed by atoms with Crippen molar-refractivity contribution in [3.8, 4) is 0 Å². The summed E-state index contributed by atoms with van der Waals surface area (Å²) < 4.78 is 0. The summed E-state index contributed by atoms with van der Waals surface area (Å²) in [5.41, 5.74) is 5.33. The molecule has 13 heteroatoms. The number of hydrogen-bond donors (Lipinski definition) is 8. The number of nitrogens with two attached hydrogens (primary N) is 1. The van der Waals surface area contributed by atoms with E-state index in [9.17, 15) is 29.4 Å². The number of nitrogens with one attached hydrogen (secondary N) is 3. The van der Waals surface area contributed by atoms with Crippen LogP contribution in [-0.2, 0) is 19.2 Å². The van der Waals surface area contributed by atoms with Gasteiger partial charge in [0.15, 0.2) is 0 Å². The van der Waals surface area contributed by atoms with Crippen molar-refractivity contribution >= 4 is 35.5 Å². The number of carboxylic acids is 1. The SMILES string of the molecule is CSCCC(NC(=O)C(CO)NC(=O)C(NC(=O)C(N)CO)C(C)O)C(=O)O. The van der Waals surface area contributed by atoms with Gasteiger partial charge >= 0.3 is 5.97 Å². The van der Waals surface area contributed by atoms with Gasteiger partial charge in [0.25, 0.3) is 0 Å². The smallest absolute Gasteiger partial charge is 0.326 e. The predicted octanol–water partition coefficient (Wildman–Crippen LogP) is -4.03. The van der Waals surface area contributed by atoms with E-state index in [0.717, 1.165) is 0 Å². The third-order valence-electron chi connectivity index (χ3n) is 3.64. The lowest BCUT2D eigenvalue weighted by molar-refractivity contribution is -0.142. The minimum absolute atomic E-state index is 0.139. The molecule has 0 aromatic heterocycles. The molecule has 0 aromatic rings. The van der Waals surface area contributed by atoms with E-state index in [1.54, 1.807) is 6.26 Å². The molecule has 0 aliphatic heterocycles. The van der Waals surface area contributed by atoms with Gasteiger partial charge in [0.05, 0.1) is 19.3 Å². The molecule has 0 rings (SSSR count). The van der Waals surface area contributed by atoms with Gasteiger partial charge in [-0.25, -0.2) is 4.79 Å². The summed E-state index contributed by atoms with van der Waals surface area (Å²) in [7, 11) is 0. The van der Waals surface area contributed by atoms with Gasteiger partial charge in [0.2, 0.25) is 17.7 Å². The maximum Gasteiger partial charge on any atom is 0.326 e. The molecule has 0 heterocycles. The summed E-state index contributed by atoms with van der Waals surface area (Å²) in [6.45, 7) is -0.330. The standard InChI is InChI=1S/C15H28N4O8S/c1-7(22)11(19-12(23)8(16)5-20)14(25)18-10(6-21)13(24)17-9(15(26)27)3-4-28-2/h7-11,20-22H,3-6,16H2,1-2H3,(H,17,24)(H,18,25)(H,19,23)(H,26,27). The summed E-state index contributed by atoms with van der Waals surface area (Å²) in [6.07, 6.45) is 0.523. The van der Waals surface area contributed by atoms with Crippen molar-refractivity contribution in [2.24, 2.45) is 5.73 Å². The fraction of sp³-hybridized carbons (Fsp3) is 0.733. The Morgan fingerprint density at radius 3 is 1.96 bits per heavy atom. The summed E-state index contributed by atoms with van der Waals surface area (Å²) in [5.74, 6) is -3.64. The molecule has 0 radical (unpaired) electrons. The number of carboxylic acid groups (broad SMARTS) is 1. The third-order valence-corrected chi connectivity index (χ3v) is 4.28. The predicted molar refractivity (Wildman–Crippen MR) is 100 cm³/mol. The first-order valence-corrected chi connectivity index (χ1v) is 9.76. The Bertz CT molecular complexity index is 548. The molecule has 9 N–H and O–H groups in total. The maximum atomic E-state index is 12.3. The van der Waals surface area contributed by atoms with E-state index in [1.807, 2.05) is 0 Å². The molecule has 0 aliphatic rings. The van der Waals surface area contributed by atoms with Gasteiger partial charge in [0.1, 0.15) is 24.2 Å². The van der Waals surface area contributed by atoms with Crippen LogP contribution in [0.5, 0.6) is 0 Å². The maximum absolute atomic E-state index is 12.3. The van der Waals surface area contributed by atoms with E-state index in [0.29, 0.717) is 5.75 Å². The lowest BCUT2D eigenvalue weighted by Gasteiger charge is -2.25. The average Bonchev–Trinajstić information content (AvgIpc) is 2.65. The van der Waals surface area contributed by atoms with Crippen LogP contribution in [0.2, 0.25) is 0 Å².